The van der Waals surface area contributed by atoms with Crippen LogP contribution in [-0.2, 0) is 5.75 Å². The van der Waals surface area contributed by atoms with Crippen molar-refractivity contribution in [2.75, 3.05) is 10.7 Å². The Hall–Kier alpha value is -2.44. The van der Waals surface area contributed by atoms with Crippen LogP contribution in [-0.4, -0.2) is 22.1 Å². The Morgan fingerprint density at radius 1 is 1.24 bits per heavy atom. The summed E-state index contributed by atoms with van der Waals surface area (Å²) in [6, 6.07) is 14.7. The maximum Gasteiger partial charge on any atom is 0.412 e. The molecule has 2 aromatic carbocycles. The molecule has 3 rings (SSSR count). The summed E-state index contributed by atoms with van der Waals surface area (Å²) >= 11 is 8.17. The zero-order chi connectivity index (χ0) is 21.0. The fourth-order valence-electron chi connectivity index (χ4n) is 3.22. The van der Waals surface area contributed by atoms with Crippen LogP contribution >= 0.6 is 23.4 Å². The van der Waals surface area contributed by atoms with Gasteiger partial charge in [0.15, 0.2) is 5.76 Å². The molecule has 29 heavy (non-hydrogen) atoms. The van der Waals surface area contributed by atoms with Gasteiger partial charge in [-0.25, -0.2) is 4.79 Å². The minimum absolute atomic E-state index is 0.429. The third kappa shape index (κ3) is 4.60. The zero-order valence-corrected chi connectivity index (χ0v) is 18.1. The van der Waals surface area contributed by atoms with Crippen LogP contribution in [0.5, 0.6) is 0 Å². The van der Waals surface area contributed by atoms with E-state index in [4.69, 9.17) is 16.1 Å². The van der Waals surface area contributed by atoms with E-state index in [1.165, 1.54) is 10.5 Å². The Morgan fingerprint density at radius 2 is 1.93 bits per heavy atom. The van der Waals surface area contributed by atoms with E-state index >= 15 is 0 Å². The van der Waals surface area contributed by atoms with E-state index < -0.39 is 12.1 Å². The number of hydrogen-bond acceptors (Lipinski definition) is 4. The molecule has 0 fully saturated rings. The smallest absolute Gasteiger partial charge is 0.412 e. The number of nitrogens with zero attached hydrogens (tertiary/aromatic N) is 2. The molecule has 0 saturated carbocycles. The SMILES string of the molecule is CCSCc1ccc(-c2onc(C)c2N(C(=O)O)C(C)c2ccccc2Cl)cc1. The number of benzene rings is 2. The average molecular weight is 431 g/mol. The van der Waals surface area contributed by atoms with Gasteiger partial charge in [-0.15, -0.1) is 0 Å². The molecule has 7 heteroatoms. The van der Waals surface area contributed by atoms with Gasteiger partial charge in [0.25, 0.3) is 0 Å². The summed E-state index contributed by atoms with van der Waals surface area (Å²) in [5, 5.41) is 14.6. The molecule has 152 valence electrons. The monoisotopic (exact) mass is 430 g/mol. The highest BCUT2D eigenvalue weighted by Gasteiger charge is 2.31. The largest absolute Gasteiger partial charge is 0.465 e. The minimum atomic E-state index is -1.10. The van der Waals surface area contributed by atoms with Crippen LogP contribution in [0.25, 0.3) is 11.3 Å². The van der Waals surface area contributed by atoms with Gasteiger partial charge in [0, 0.05) is 16.3 Å². The summed E-state index contributed by atoms with van der Waals surface area (Å²) < 4.78 is 5.56. The van der Waals surface area contributed by atoms with E-state index in [0.717, 1.165) is 22.6 Å². The van der Waals surface area contributed by atoms with Crippen LogP contribution in [0, 0.1) is 6.92 Å². The van der Waals surface area contributed by atoms with Crippen LogP contribution < -0.4 is 4.90 Å². The van der Waals surface area contributed by atoms with Crippen LogP contribution in [0.4, 0.5) is 10.5 Å². The van der Waals surface area contributed by atoms with Gasteiger partial charge in [0.1, 0.15) is 11.4 Å². The first-order chi connectivity index (χ1) is 13.9. The fraction of sp³-hybridized carbons (Fsp3) is 0.273. The molecule has 1 amide bonds. The van der Waals surface area contributed by atoms with Gasteiger partial charge in [-0.1, -0.05) is 66.1 Å². The third-order valence-electron chi connectivity index (χ3n) is 4.71. The van der Waals surface area contributed by atoms with E-state index in [1.807, 2.05) is 54.2 Å². The summed E-state index contributed by atoms with van der Waals surface area (Å²) in [7, 11) is 0. The number of rotatable bonds is 7. The van der Waals surface area contributed by atoms with Crippen molar-refractivity contribution >= 4 is 35.1 Å². The molecule has 1 N–H and O–H groups in total. The summed E-state index contributed by atoms with van der Waals surface area (Å²) in [5.74, 6) is 2.42. The standard InChI is InChI=1S/C22H23ClN2O3S/c1-4-29-13-16-9-11-17(12-10-16)21-20(14(2)24-28-21)25(22(26)27)15(3)18-7-5-6-8-19(18)23/h5-12,15H,4,13H2,1-3H3,(H,26,27). The lowest BCUT2D eigenvalue weighted by atomic mass is 10.0. The van der Waals surface area contributed by atoms with Crippen molar-refractivity contribution in [3.05, 3.63) is 70.4 Å². The normalized spacial score (nSPS) is 12.0. The van der Waals surface area contributed by atoms with Crippen molar-refractivity contribution in [3.8, 4) is 11.3 Å². The molecule has 0 saturated heterocycles. The molecule has 3 aromatic rings. The van der Waals surface area contributed by atoms with E-state index in [-0.39, 0.29) is 0 Å². The van der Waals surface area contributed by atoms with Crippen LogP contribution in [0.3, 0.4) is 0 Å². The van der Waals surface area contributed by atoms with Crippen molar-refractivity contribution in [1.29, 1.82) is 0 Å². The fourth-order valence-corrected chi connectivity index (χ4v) is 4.14. The van der Waals surface area contributed by atoms with E-state index in [2.05, 4.69) is 12.1 Å². The van der Waals surface area contributed by atoms with Crippen molar-refractivity contribution in [1.82, 2.24) is 5.16 Å². The number of thioether (sulfide) groups is 1. The quantitative estimate of drug-likeness (QED) is 0.446. The number of carbonyl (C=O) groups is 1. The maximum absolute atomic E-state index is 12.2. The van der Waals surface area contributed by atoms with Crippen molar-refractivity contribution in [3.63, 3.8) is 0 Å². The predicted octanol–water partition coefficient (Wildman–Crippen LogP) is 6.80. The van der Waals surface area contributed by atoms with Crippen molar-refractivity contribution in [2.24, 2.45) is 0 Å². The Balaban J connectivity index is 2.02. The first-order valence-electron chi connectivity index (χ1n) is 9.34. The van der Waals surface area contributed by atoms with Gasteiger partial charge in [-0.3, -0.25) is 4.90 Å². The predicted molar refractivity (Wildman–Crippen MR) is 119 cm³/mol. The number of aryl methyl sites for hydroxylation is 1. The van der Waals surface area contributed by atoms with E-state index in [1.54, 1.807) is 19.9 Å². The molecule has 0 aliphatic carbocycles. The Morgan fingerprint density at radius 3 is 2.55 bits per heavy atom. The Bertz CT molecular complexity index is 988. The number of halogens is 1. The highest BCUT2D eigenvalue weighted by molar-refractivity contribution is 7.98. The first-order valence-corrected chi connectivity index (χ1v) is 10.9. The number of hydrogen-bond donors (Lipinski definition) is 1. The van der Waals surface area contributed by atoms with E-state index in [0.29, 0.717) is 22.2 Å². The lowest BCUT2D eigenvalue weighted by molar-refractivity contribution is 0.199. The highest BCUT2D eigenvalue weighted by Crippen LogP contribution is 2.39. The third-order valence-corrected chi connectivity index (χ3v) is 6.00. The van der Waals surface area contributed by atoms with Crippen LogP contribution in [0.2, 0.25) is 5.02 Å². The second-order valence-corrected chi connectivity index (χ2v) is 8.31. The van der Waals surface area contributed by atoms with Crippen molar-refractivity contribution in [2.45, 2.75) is 32.6 Å². The number of anilines is 1. The molecule has 0 radical (unpaired) electrons. The lowest BCUT2D eigenvalue weighted by Gasteiger charge is -2.27. The number of amides is 1. The van der Waals surface area contributed by atoms with Gasteiger partial charge in [-0.2, -0.15) is 11.8 Å². The first kappa shape index (κ1) is 21.3. The topological polar surface area (TPSA) is 66.6 Å². The van der Waals surface area contributed by atoms with Gasteiger partial charge < -0.3 is 9.63 Å². The molecule has 0 aliphatic rings. The van der Waals surface area contributed by atoms with Crippen LogP contribution in [0.1, 0.15) is 36.7 Å². The molecule has 0 aliphatic heterocycles. The summed E-state index contributed by atoms with van der Waals surface area (Å²) in [4.78, 5) is 13.5. The molecular formula is C22H23ClN2O3S. The summed E-state index contributed by atoms with van der Waals surface area (Å²) in [6.45, 7) is 5.67. The van der Waals surface area contributed by atoms with Gasteiger partial charge >= 0.3 is 6.09 Å². The molecule has 1 atom stereocenters. The van der Waals surface area contributed by atoms with Crippen LogP contribution in [0.15, 0.2) is 53.1 Å². The molecule has 1 aromatic heterocycles. The second-order valence-electron chi connectivity index (χ2n) is 6.63. The van der Waals surface area contributed by atoms with Gasteiger partial charge in [0.2, 0.25) is 0 Å². The molecule has 5 nitrogen and oxygen atoms in total. The molecule has 0 spiro atoms. The molecule has 1 unspecified atom stereocenters. The number of carboxylic acid groups (broad SMARTS) is 1. The van der Waals surface area contributed by atoms with E-state index in [9.17, 15) is 9.90 Å². The highest BCUT2D eigenvalue weighted by atomic mass is 35.5. The molecule has 1 heterocycles. The maximum atomic E-state index is 12.2. The average Bonchev–Trinajstić information content (AvgIpc) is 3.08. The second kappa shape index (κ2) is 9.37. The Labute approximate surface area is 179 Å². The summed E-state index contributed by atoms with van der Waals surface area (Å²) in [5.41, 5.74) is 3.64. The molecular weight excluding hydrogens is 408 g/mol. The minimum Gasteiger partial charge on any atom is -0.465 e. The van der Waals surface area contributed by atoms with Gasteiger partial charge in [0.05, 0.1) is 6.04 Å². The summed E-state index contributed by atoms with van der Waals surface area (Å²) in [6.07, 6.45) is -1.10. The molecule has 0 bridgehead atoms. The number of aromatic nitrogens is 1. The Kier molecular flexibility index (Phi) is 6.87. The van der Waals surface area contributed by atoms with Crippen molar-refractivity contribution < 1.29 is 14.4 Å². The van der Waals surface area contributed by atoms with Gasteiger partial charge in [-0.05, 0) is 36.8 Å². The zero-order valence-electron chi connectivity index (χ0n) is 16.6. The lowest BCUT2D eigenvalue weighted by Crippen LogP contribution is -2.33.